The maximum absolute atomic E-state index is 5.60. The highest BCUT2D eigenvalue weighted by atomic mass is 31.1. The zero-order valence-electron chi connectivity index (χ0n) is 7.77. The fourth-order valence-electron chi connectivity index (χ4n) is 0.361. The van der Waals surface area contributed by atoms with Gasteiger partial charge in [0.15, 0.2) is 0 Å². The first-order chi connectivity index (χ1) is 5.02. The molecule has 0 saturated carbocycles. The standard InChI is InChI=1S/C7H19NOP2/c1-5-6(2)9-11-7(3,4)10-8/h6,10-11H,5,8H2,1-4H3. The lowest BCUT2D eigenvalue weighted by molar-refractivity contribution is 0.247. The molecule has 11 heavy (non-hydrogen) atoms. The molecule has 0 saturated heterocycles. The minimum atomic E-state index is 0.184. The first kappa shape index (κ1) is 11.8. The Morgan fingerprint density at radius 2 is 2.09 bits per heavy atom. The van der Waals surface area contributed by atoms with Crippen LogP contribution in [0, 0.1) is 0 Å². The Bertz CT molecular complexity index is 109. The molecular formula is C7H19NOP2. The molecule has 0 heterocycles. The number of hydrogen-bond donors (Lipinski definition) is 1. The van der Waals surface area contributed by atoms with E-state index in [2.05, 4.69) is 27.7 Å². The van der Waals surface area contributed by atoms with Crippen molar-refractivity contribution in [1.29, 1.82) is 0 Å². The van der Waals surface area contributed by atoms with Crippen molar-refractivity contribution in [1.82, 2.24) is 0 Å². The van der Waals surface area contributed by atoms with Crippen LogP contribution in [0.15, 0.2) is 0 Å². The van der Waals surface area contributed by atoms with Crippen molar-refractivity contribution < 1.29 is 4.52 Å². The third-order valence-electron chi connectivity index (χ3n) is 1.45. The molecule has 0 aromatic heterocycles. The van der Waals surface area contributed by atoms with E-state index in [-0.39, 0.29) is 4.90 Å². The van der Waals surface area contributed by atoms with Crippen molar-refractivity contribution in [3.8, 4) is 0 Å². The van der Waals surface area contributed by atoms with E-state index in [0.29, 0.717) is 23.6 Å². The van der Waals surface area contributed by atoms with Crippen molar-refractivity contribution in [3.05, 3.63) is 0 Å². The van der Waals surface area contributed by atoms with Crippen LogP contribution in [0.4, 0.5) is 0 Å². The molecular weight excluding hydrogens is 176 g/mol. The summed E-state index contributed by atoms with van der Waals surface area (Å²) in [5, 5.41) is 0. The van der Waals surface area contributed by atoms with Gasteiger partial charge in [-0.3, -0.25) is 0 Å². The smallest absolute Gasteiger partial charge is 0.0584 e. The molecule has 2 nitrogen and oxygen atoms in total. The molecule has 2 N–H and O–H groups in total. The van der Waals surface area contributed by atoms with Crippen LogP contribution in [-0.4, -0.2) is 11.0 Å². The molecule has 0 amide bonds. The van der Waals surface area contributed by atoms with Crippen molar-refractivity contribution in [2.24, 2.45) is 5.50 Å². The highest BCUT2D eigenvalue weighted by molar-refractivity contribution is 7.55. The summed E-state index contributed by atoms with van der Waals surface area (Å²) in [6, 6.07) is 0. The van der Waals surface area contributed by atoms with E-state index in [9.17, 15) is 0 Å². The summed E-state index contributed by atoms with van der Waals surface area (Å²) < 4.78 is 5.60. The summed E-state index contributed by atoms with van der Waals surface area (Å²) in [5.41, 5.74) is 5.59. The van der Waals surface area contributed by atoms with Gasteiger partial charge in [0, 0.05) is 13.7 Å². The van der Waals surface area contributed by atoms with Gasteiger partial charge < -0.3 is 10.0 Å². The van der Waals surface area contributed by atoms with Gasteiger partial charge in [-0.05, 0) is 35.9 Å². The number of hydrogen-bond acceptors (Lipinski definition) is 2. The van der Waals surface area contributed by atoms with E-state index in [1.54, 1.807) is 0 Å². The molecule has 4 heteroatoms. The fraction of sp³-hybridized carbons (Fsp3) is 1.00. The molecule has 0 fully saturated rings. The molecule has 0 bridgehead atoms. The van der Waals surface area contributed by atoms with Gasteiger partial charge in [0.2, 0.25) is 0 Å². The lowest BCUT2D eigenvalue weighted by atomic mass is 10.3. The summed E-state index contributed by atoms with van der Waals surface area (Å²) in [7, 11) is 1.01. The van der Waals surface area contributed by atoms with Crippen molar-refractivity contribution >= 4 is 17.5 Å². The van der Waals surface area contributed by atoms with E-state index in [0.717, 1.165) is 6.42 Å². The second kappa shape index (κ2) is 5.43. The van der Waals surface area contributed by atoms with Gasteiger partial charge in [0.1, 0.15) is 0 Å². The predicted octanol–water partition coefficient (Wildman–Crippen LogP) is 2.68. The van der Waals surface area contributed by atoms with Gasteiger partial charge >= 0.3 is 0 Å². The zero-order chi connectivity index (χ0) is 8.91. The molecule has 3 unspecified atom stereocenters. The van der Waals surface area contributed by atoms with E-state index in [1.807, 2.05) is 0 Å². The highest BCUT2D eigenvalue weighted by Gasteiger charge is 2.17. The van der Waals surface area contributed by atoms with Gasteiger partial charge in [-0.1, -0.05) is 6.92 Å². The summed E-state index contributed by atoms with van der Waals surface area (Å²) in [5.74, 6) is 0. The normalized spacial score (nSPS) is 17.2. The van der Waals surface area contributed by atoms with Crippen LogP contribution in [0.2, 0.25) is 0 Å². The third kappa shape index (κ3) is 5.99. The van der Waals surface area contributed by atoms with E-state index in [4.69, 9.17) is 10.0 Å². The van der Waals surface area contributed by atoms with Crippen LogP contribution in [0.5, 0.6) is 0 Å². The molecule has 0 radical (unpaired) electrons. The SMILES string of the molecule is CCC(C)OPC(C)(C)PN. The summed E-state index contributed by atoms with van der Waals surface area (Å²) in [6.07, 6.45) is 1.46. The lowest BCUT2D eigenvalue weighted by Gasteiger charge is -2.23. The Kier molecular flexibility index (Phi) is 5.82. The largest absolute Gasteiger partial charge is 0.359 e. The number of rotatable bonds is 5. The van der Waals surface area contributed by atoms with Crippen molar-refractivity contribution in [3.63, 3.8) is 0 Å². The Balaban J connectivity index is 3.52. The molecule has 0 aliphatic heterocycles. The molecule has 0 aromatic rings. The van der Waals surface area contributed by atoms with Gasteiger partial charge in [0.05, 0.1) is 6.10 Å². The summed E-state index contributed by atoms with van der Waals surface area (Å²) >= 11 is 0. The first-order valence-corrected chi connectivity index (χ1v) is 5.91. The highest BCUT2D eigenvalue weighted by Crippen LogP contribution is 2.43. The van der Waals surface area contributed by atoms with E-state index < -0.39 is 0 Å². The predicted molar refractivity (Wildman–Crippen MR) is 55.7 cm³/mol. The Hall–Kier alpha value is 0.780. The third-order valence-corrected chi connectivity index (χ3v) is 3.94. The lowest BCUT2D eigenvalue weighted by Crippen LogP contribution is -2.11. The Morgan fingerprint density at radius 3 is 2.45 bits per heavy atom. The quantitative estimate of drug-likeness (QED) is 0.684. The van der Waals surface area contributed by atoms with Crippen LogP contribution in [0.25, 0.3) is 0 Å². The Labute approximate surface area is 73.4 Å². The van der Waals surface area contributed by atoms with E-state index >= 15 is 0 Å². The number of nitrogens with two attached hydrogens (primary N) is 1. The molecule has 0 spiro atoms. The second-order valence-corrected chi connectivity index (χ2v) is 6.94. The molecule has 0 aliphatic carbocycles. The maximum Gasteiger partial charge on any atom is 0.0584 e. The van der Waals surface area contributed by atoms with Gasteiger partial charge in [-0.2, -0.15) is 0 Å². The molecule has 0 aromatic carbocycles. The minimum absolute atomic E-state index is 0.184. The van der Waals surface area contributed by atoms with Gasteiger partial charge in [-0.15, -0.1) is 0 Å². The van der Waals surface area contributed by atoms with Gasteiger partial charge in [0.25, 0.3) is 0 Å². The summed E-state index contributed by atoms with van der Waals surface area (Å²) in [4.78, 5) is 0.184. The van der Waals surface area contributed by atoms with Crippen LogP contribution in [0.3, 0.4) is 0 Å². The second-order valence-electron chi connectivity index (χ2n) is 3.21. The summed E-state index contributed by atoms with van der Waals surface area (Å²) in [6.45, 7) is 8.52. The van der Waals surface area contributed by atoms with Crippen LogP contribution >= 0.6 is 17.5 Å². The Morgan fingerprint density at radius 1 is 1.55 bits per heavy atom. The van der Waals surface area contributed by atoms with Crippen LogP contribution < -0.4 is 5.50 Å². The molecule has 3 atom stereocenters. The van der Waals surface area contributed by atoms with Crippen molar-refractivity contribution in [2.75, 3.05) is 0 Å². The van der Waals surface area contributed by atoms with Crippen LogP contribution in [0.1, 0.15) is 34.1 Å². The van der Waals surface area contributed by atoms with E-state index in [1.165, 1.54) is 0 Å². The maximum atomic E-state index is 5.60. The van der Waals surface area contributed by atoms with Crippen molar-refractivity contribution in [2.45, 2.75) is 45.1 Å². The monoisotopic (exact) mass is 195 g/mol. The fourth-order valence-corrected chi connectivity index (χ4v) is 1.44. The van der Waals surface area contributed by atoms with Crippen LogP contribution in [-0.2, 0) is 4.52 Å². The minimum Gasteiger partial charge on any atom is -0.359 e. The molecule has 0 rings (SSSR count). The topological polar surface area (TPSA) is 35.2 Å². The average molecular weight is 195 g/mol. The molecule has 68 valence electrons. The first-order valence-electron chi connectivity index (χ1n) is 3.92. The molecule has 0 aliphatic rings. The average Bonchev–Trinajstić information content (AvgIpc) is 2.00. The zero-order valence-corrected chi connectivity index (χ0v) is 9.77. The van der Waals surface area contributed by atoms with Gasteiger partial charge in [-0.25, -0.2) is 0 Å².